The second-order valence-electron chi connectivity index (χ2n) is 5.79. The number of hydrogen-bond donors (Lipinski definition) is 0. The molecule has 2 unspecified atom stereocenters. The van der Waals surface area contributed by atoms with E-state index in [9.17, 15) is 4.79 Å². The summed E-state index contributed by atoms with van der Waals surface area (Å²) in [6.07, 6.45) is 8.18. The van der Waals surface area contributed by atoms with Crippen molar-refractivity contribution in [2.75, 3.05) is 14.2 Å². The molecule has 1 aromatic rings. The normalized spacial score (nSPS) is 26.0. The van der Waals surface area contributed by atoms with Crippen LogP contribution in [0.25, 0.3) is 5.57 Å². The first-order valence-corrected chi connectivity index (χ1v) is 7.29. The van der Waals surface area contributed by atoms with Gasteiger partial charge in [0.1, 0.15) is 5.75 Å². The number of hydrogen-bond acceptors (Lipinski definition) is 3. The van der Waals surface area contributed by atoms with Crippen LogP contribution in [-0.2, 0) is 0 Å². The molecule has 0 amide bonds. The number of piperidine rings is 1. The highest BCUT2D eigenvalue weighted by Gasteiger charge is 2.31. The van der Waals surface area contributed by atoms with Crippen LogP contribution in [0.1, 0.15) is 41.6 Å². The molecule has 3 rings (SSSR count). The summed E-state index contributed by atoms with van der Waals surface area (Å²) < 4.78 is 5.21. The summed E-state index contributed by atoms with van der Waals surface area (Å²) in [6, 6.07) is 7.13. The highest BCUT2D eigenvalue weighted by Crippen LogP contribution is 2.36. The van der Waals surface area contributed by atoms with Gasteiger partial charge in [-0.1, -0.05) is 18.6 Å². The average Bonchev–Trinajstić information content (AvgIpc) is 2.46. The van der Waals surface area contributed by atoms with Crippen LogP contribution >= 0.6 is 0 Å². The maximum Gasteiger partial charge on any atom is 0.153 e. The van der Waals surface area contributed by atoms with Crippen LogP contribution in [-0.4, -0.2) is 37.4 Å². The van der Waals surface area contributed by atoms with Crippen LogP contribution in [0.3, 0.4) is 0 Å². The zero-order chi connectivity index (χ0) is 14.1. The van der Waals surface area contributed by atoms with Gasteiger partial charge in [-0.15, -0.1) is 0 Å². The second-order valence-corrected chi connectivity index (χ2v) is 5.79. The molecule has 0 spiro atoms. The summed E-state index contributed by atoms with van der Waals surface area (Å²) in [5.74, 6) is 0.650. The molecule has 20 heavy (non-hydrogen) atoms. The molecule has 3 heteroatoms. The highest BCUT2D eigenvalue weighted by molar-refractivity contribution is 5.82. The van der Waals surface area contributed by atoms with Gasteiger partial charge < -0.3 is 4.74 Å². The molecule has 3 nitrogen and oxygen atoms in total. The number of carbonyl (C=O) groups is 1. The molecule has 2 atom stereocenters. The van der Waals surface area contributed by atoms with Gasteiger partial charge >= 0.3 is 0 Å². The lowest BCUT2D eigenvalue weighted by atomic mass is 9.83. The van der Waals surface area contributed by atoms with Crippen LogP contribution in [0.4, 0.5) is 0 Å². The quantitative estimate of drug-likeness (QED) is 0.791. The molecule has 2 aliphatic rings. The first-order chi connectivity index (χ1) is 9.72. The van der Waals surface area contributed by atoms with Gasteiger partial charge in [-0.05, 0) is 49.6 Å². The van der Waals surface area contributed by atoms with Crippen molar-refractivity contribution in [3.05, 3.63) is 35.4 Å². The molecule has 0 radical (unpaired) electrons. The minimum atomic E-state index is 0.555. The molecule has 1 fully saturated rings. The third kappa shape index (κ3) is 2.27. The van der Waals surface area contributed by atoms with Crippen molar-refractivity contribution in [1.29, 1.82) is 0 Å². The molecular formula is C17H21NO2. The maximum atomic E-state index is 11.2. The van der Waals surface area contributed by atoms with E-state index in [4.69, 9.17) is 4.74 Å². The van der Waals surface area contributed by atoms with Gasteiger partial charge in [0.05, 0.1) is 12.7 Å². The van der Waals surface area contributed by atoms with Crippen LogP contribution in [0.15, 0.2) is 24.3 Å². The topological polar surface area (TPSA) is 29.5 Å². The SMILES string of the molecule is COc1ccc(C2=CC3CCCC(C2)N3C)cc1C=O. The van der Waals surface area contributed by atoms with E-state index in [1.807, 2.05) is 12.1 Å². The van der Waals surface area contributed by atoms with E-state index < -0.39 is 0 Å². The molecule has 2 heterocycles. The Balaban J connectivity index is 1.95. The molecular weight excluding hydrogens is 250 g/mol. The molecule has 1 aromatic carbocycles. The van der Waals surface area contributed by atoms with Gasteiger partial charge in [0.15, 0.2) is 6.29 Å². The van der Waals surface area contributed by atoms with Crippen molar-refractivity contribution in [3.8, 4) is 5.75 Å². The molecule has 106 valence electrons. The fourth-order valence-corrected chi connectivity index (χ4v) is 3.48. The van der Waals surface area contributed by atoms with E-state index in [2.05, 4.69) is 24.1 Å². The minimum absolute atomic E-state index is 0.555. The molecule has 2 aliphatic heterocycles. The van der Waals surface area contributed by atoms with Crippen LogP contribution in [0.2, 0.25) is 0 Å². The zero-order valence-corrected chi connectivity index (χ0v) is 12.1. The molecule has 0 saturated carbocycles. The van der Waals surface area contributed by atoms with Crippen molar-refractivity contribution < 1.29 is 9.53 Å². The third-order valence-electron chi connectivity index (χ3n) is 4.71. The van der Waals surface area contributed by atoms with Gasteiger partial charge in [0.2, 0.25) is 0 Å². The van der Waals surface area contributed by atoms with E-state index in [1.165, 1.54) is 24.8 Å². The zero-order valence-electron chi connectivity index (χ0n) is 12.1. The van der Waals surface area contributed by atoms with E-state index in [1.54, 1.807) is 7.11 Å². The predicted octanol–water partition coefficient (Wildman–Crippen LogP) is 3.15. The molecule has 2 bridgehead atoms. The molecule has 0 aromatic heterocycles. The van der Waals surface area contributed by atoms with Gasteiger partial charge in [0.25, 0.3) is 0 Å². The number of carbonyl (C=O) groups excluding carboxylic acids is 1. The monoisotopic (exact) mass is 271 g/mol. The Bertz CT molecular complexity index is 550. The predicted molar refractivity (Wildman–Crippen MR) is 80.2 cm³/mol. The summed E-state index contributed by atoms with van der Waals surface area (Å²) >= 11 is 0. The lowest BCUT2D eigenvalue weighted by Gasteiger charge is -2.42. The van der Waals surface area contributed by atoms with E-state index >= 15 is 0 Å². The number of methoxy groups -OCH3 is 1. The molecule has 0 N–H and O–H groups in total. The fourth-order valence-electron chi connectivity index (χ4n) is 3.48. The minimum Gasteiger partial charge on any atom is -0.496 e. The van der Waals surface area contributed by atoms with Gasteiger partial charge in [-0.25, -0.2) is 0 Å². The van der Waals surface area contributed by atoms with Crippen molar-refractivity contribution in [3.63, 3.8) is 0 Å². The second kappa shape index (κ2) is 5.41. The Morgan fingerprint density at radius 3 is 2.90 bits per heavy atom. The summed E-state index contributed by atoms with van der Waals surface area (Å²) in [6.45, 7) is 0. The summed E-state index contributed by atoms with van der Waals surface area (Å²) in [5, 5.41) is 0. The first-order valence-electron chi connectivity index (χ1n) is 7.29. The van der Waals surface area contributed by atoms with Crippen LogP contribution in [0.5, 0.6) is 5.75 Å². The van der Waals surface area contributed by atoms with Crippen molar-refractivity contribution in [2.45, 2.75) is 37.8 Å². The standard InChI is InChI=1S/C17H21NO2/c1-18-15-4-3-5-16(18)10-13(9-15)12-6-7-17(20-2)14(8-12)11-19/h6-9,11,15-16H,3-5,10H2,1-2H3. The number of rotatable bonds is 3. The summed E-state index contributed by atoms with van der Waals surface area (Å²) in [4.78, 5) is 13.7. The lowest BCUT2D eigenvalue weighted by Crippen LogP contribution is -2.45. The van der Waals surface area contributed by atoms with Gasteiger partial charge in [0, 0.05) is 12.1 Å². The number of fused-ring (bicyclic) bond motifs is 2. The van der Waals surface area contributed by atoms with E-state index in [0.29, 0.717) is 23.4 Å². The van der Waals surface area contributed by atoms with Crippen molar-refractivity contribution in [2.24, 2.45) is 0 Å². The van der Waals surface area contributed by atoms with Crippen LogP contribution in [0, 0.1) is 0 Å². The largest absolute Gasteiger partial charge is 0.496 e. The number of ether oxygens (including phenoxy) is 1. The average molecular weight is 271 g/mol. The number of likely N-dealkylation sites (N-methyl/N-ethyl adjacent to an activating group) is 1. The number of aldehydes is 1. The van der Waals surface area contributed by atoms with E-state index in [0.717, 1.165) is 18.3 Å². The van der Waals surface area contributed by atoms with Crippen LogP contribution < -0.4 is 4.74 Å². The first kappa shape index (κ1) is 13.4. The molecule has 0 aliphatic carbocycles. The number of nitrogens with zero attached hydrogens (tertiary/aromatic N) is 1. The maximum absolute atomic E-state index is 11.2. The highest BCUT2D eigenvalue weighted by atomic mass is 16.5. The number of benzene rings is 1. The van der Waals surface area contributed by atoms with Crippen molar-refractivity contribution in [1.82, 2.24) is 4.90 Å². The molecule has 1 saturated heterocycles. The fraction of sp³-hybridized carbons (Fsp3) is 0.471. The third-order valence-corrected chi connectivity index (χ3v) is 4.71. The Morgan fingerprint density at radius 2 is 2.20 bits per heavy atom. The lowest BCUT2D eigenvalue weighted by molar-refractivity contribution is 0.112. The Hall–Kier alpha value is -1.61. The summed E-state index contributed by atoms with van der Waals surface area (Å²) in [5.41, 5.74) is 3.18. The Labute approximate surface area is 120 Å². The van der Waals surface area contributed by atoms with E-state index in [-0.39, 0.29) is 0 Å². The Morgan fingerprint density at radius 1 is 1.35 bits per heavy atom. The smallest absolute Gasteiger partial charge is 0.153 e. The van der Waals surface area contributed by atoms with Gasteiger partial charge in [-0.3, -0.25) is 9.69 Å². The summed E-state index contributed by atoms with van der Waals surface area (Å²) in [7, 11) is 3.83. The Kier molecular flexibility index (Phi) is 3.62. The van der Waals surface area contributed by atoms with Gasteiger partial charge in [-0.2, -0.15) is 0 Å². The van der Waals surface area contributed by atoms with Crippen molar-refractivity contribution >= 4 is 11.9 Å².